The Kier molecular flexibility index (Phi) is 4.60. The van der Waals surface area contributed by atoms with Gasteiger partial charge in [-0.05, 0) is 57.4 Å². The predicted molar refractivity (Wildman–Crippen MR) is 85.7 cm³/mol. The maximum Gasteiger partial charge on any atom is 0.416 e. The summed E-state index contributed by atoms with van der Waals surface area (Å²) in [5.41, 5.74) is -0.645. The smallest absolute Gasteiger partial charge is 0.337 e. The lowest BCUT2D eigenvalue weighted by molar-refractivity contribution is -0.137. The van der Waals surface area contributed by atoms with Crippen LogP contribution in [0.5, 0.6) is 0 Å². The monoisotopic (exact) mass is 340 g/mol. The van der Waals surface area contributed by atoms with E-state index >= 15 is 0 Å². The minimum Gasteiger partial charge on any atom is -0.337 e. The van der Waals surface area contributed by atoms with Crippen molar-refractivity contribution in [1.82, 2.24) is 9.80 Å². The lowest BCUT2D eigenvalue weighted by Crippen LogP contribution is -2.48. The summed E-state index contributed by atoms with van der Waals surface area (Å²) in [6.45, 7) is 6.59. The fourth-order valence-corrected chi connectivity index (χ4v) is 4.03. The van der Waals surface area contributed by atoms with Crippen molar-refractivity contribution in [1.29, 1.82) is 0 Å². The van der Waals surface area contributed by atoms with Crippen molar-refractivity contribution in [3.05, 3.63) is 35.4 Å². The van der Waals surface area contributed by atoms with E-state index in [-0.39, 0.29) is 11.5 Å². The largest absolute Gasteiger partial charge is 0.416 e. The molecule has 3 nitrogen and oxygen atoms in total. The topological polar surface area (TPSA) is 23.6 Å². The first-order valence-corrected chi connectivity index (χ1v) is 8.49. The molecule has 132 valence electrons. The highest BCUT2D eigenvalue weighted by Crippen LogP contribution is 2.33. The zero-order valence-electron chi connectivity index (χ0n) is 14.0. The number of nitrogens with zero attached hydrogens (tertiary/aromatic N) is 2. The number of hydrogen-bond donors (Lipinski definition) is 0. The average molecular weight is 340 g/mol. The lowest BCUT2D eigenvalue weighted by atomic mass is 9.91. The third-order valence-corrected chi connectivity index (χ3v) is 5.21. The molecule has 2 aliphatic heterocycles. The molecule has 2 atom stereocenters. The quantitative estimate of drug-likeness (QED) is 0.820. The van der Waals surface area contributed by atoms with Crippen LogP contribution in [0.3, 0.4) is 0 Å². The van der Waals surface area contributed by atoms with Crippen LogP contribution in [0.15, 0.2) is 24.3 Å². The van der Waals surface area contributed by atoms with Crippen LogP contribution in [0.25, 0.3) is 0 Å². The molecule has 2 saturated heterocycles. The SMILES string of the molecule is CC(C)N1CCC[C@@H]2CN(C(=O)c3cccc(C(F)(F)F)c3)C[C@@H]21. The maximum absolute atomic E-state index is 12.9. The number of fused-ring (bicyclic) bond motifs is 1. The van der Waals surface area contributed by atoms with Gasteiger partial charge in [0, 0.05) is 30.7 Å². The summed E-state index contributed by atoms with van der Waals surface area (Å²) >= 11 is 0. The van der Waals surface area contributed by atoms with Crippen LogP contribution in [0.4, 0.5) is 13.2 Å². The normalized spacial score (nSPS) is 25.2. The van der Waals surface area contributed by atoms with E-state index in [4.69, 9.17) is 0 Å². The molecule has 1 aromatic carbocycles. The van der Waals surface area contributed by atoms with Crippen molar-refractivity contribution < 1.29 is 18.0 Å². The van der Waals surface area contributed by atoms with Crippen molar-refractivity contribution in [3.8, 4) is 0 Å². The highest BCUT2D eigenvalue weighted by Gasteiger charge is 2.41. The molecule has 1 amide bonds. The van der Waals surface area contributed by atoms with E-state index in [0.717, 1.165) is 31.5 Å². The number of carbonyl (C=O) groups is 1. The Morgan fingerprint density at radius 2 is 2.00 bits per heavy atom. The highest BCUT2D eigenvalue weighted by atomic mass is 19.4. The number of carbonyl (C=O) groups excluding carboxylic acids is 1. The number of hydrogen-bond acceptors (Lipinski definition) is 2. The summed E-state index contributed by atoms with van der Waals surface area (Å²) < 4.78 is 38.6. The van der Waals surface area contributed by atoms with Gasteiger partial charge in [-0.3, -0.25) is 9.69 Å². The summed E-state index contributed by atoms with van der Waals surface area (Å²) in [5.74, 6) is 0.134. The number of likely N-dealkylation sites (tertiary alicyclic amines) is 2. The molecular weight excluding hydrogens is 317 g/mol. The minimum absolute atomic E-state index is 0.125. The Morgan fingerprint density at radius 1 is 1.25 bits per heavy atom. The zero-order chi connectivity index (χ0) is 17.5. The fourth-order valence-electron chi connectivity index (χ4n) is 4.03. The van der Waals surface area contributed by atoms with Crippen LogP contribution in [0.2, 0.25) is 0 Å². The predicted octanol–water partition coefficient (Wildman–Crippen LogP) is 3.65. The number of alkyl halides is 3. The van der Waals surface area contributed by atoms with Crippen LogP contribution >= 0.6 is 0 Å². The van der Waals surface area contributed by atoms with Gasteiger partial charge in [0.2, 0.25) is 0 Å². The summed E-state index contributed by atoms with van der Waals surface area (Å²) in [5, 5.41) is 0. The molecule has 2 fully saturated rings. The van der Waals surface area contributed by atoms with Gasteiger partial charge in [0.05, 0.1) is 5.56 Å². The third-order valence-electron chi connectivity index (χ3n) is 5.21. The van der Waals surface area contributed by atoms with Crippen molar-refractivity contribution >= 4 is 5.91 Å². The molecule has 0 N–H and O–H groups in total. The minimum atomic E-state index is -4.43. The number of rotatable bonds is 2. The Labute approximate surface area is 140 Å². The number of benzene rings is 1. The van der Waals surface area contributed by atoms with E-state index in [1.54, 1.807) is 4.90 Å². The van der Waals surface area contributed by atoms with Gasteiger partial charge in [-0.2, -0.15) is 13.2 Å². The van der Waals surface area contributed by atoms with Gasteiger partial charge >= 0.3 is 6.18 Å². The molecule has 3 rings (SSSR count). The third kappa shape index (κ3) is 3.29. The van der Waals surface area contributed by atoms with E-state index in [9.17, 15) is 18.0 Å². The standard InChI is InChI=1S/C18H23F3N2O/c1-12(2)23-8-4-6-14-10-22(11-16(14)23)17(24)13-5-3-7-15(9-13)18(19,20)21/h3,5,7,9,12,14,16H,4,6,8,10-11H2,1-2H3/t14-,16+/m1/s1. The van der Waals surface area contributed by atoms with E-state index in [0.29, 0.717) is 31.1 Å². The van der Waals surface area contributed by atoms with Gasteiger partial charge in [-0.15, -0.1) is 0 Å². The Morgan fingerprint density at radius 3 is 2.67 bits per heavy atom. The molecule has 0 unspecified atom stereocenters. The maximum atomic E-state index is 12.9. The molecule has 0 aromatic heterocycles. The van der Waals surface area contributed by atoms with Gasteiger partial charge in [-0.25, -0.2) is 0 Å². The van der Waals surface area contributed by atoms with E-state index in [1.165, 1.54) is 12.1 Å². The summed E-state index contributed by atoms with van der Waals surface area (Å²) in [6.07, 6.45) is -2.23. The second kappa shape index (κ2) is 6.39. The van der Waals surface area contributed by atoms with Crippen molar-refractivity contribution in [3.63, 3.8) is 0 Å². The fraction of sp³-hybridized carbons (Fsp3) is 0.611. The van der Waals surface area contributed by atoms with Crippen LogP contribution in [0.1, 0.15) is 42.6 Å². The number of piperidine rings is 1. The molecule has 2 aliphatic rings. The summed E-state index contributed by atoms with van der Waals surface area (Å²) in [4.78, 5) is 16.8. The first-order chi connectivity index (χ1) is 11.3. The number of amides is 1. The molecule has 2 heterocycles. The molecule has 0 spiro atoms. The van der Waals surface area contributed by atoms with Crippen molar-refractivity contribution in [2.45, 2.75) is 44.9 Å². The van der Waals surface area contributed by atoms with Crippen LogP contribution < -0.4 is 0 Å². The Hall–Kier alpha value is -1.56. The molecule has 0 saturated carbocycles. The van der Waals surface area contributed by atoms with E-state index in [2.05, 4.69) is 18.7 Å². The van der Waals surface area contributed by atoms with Crippen molar-refractivity contribution in [2.75, 3.05) is 19.6 Å². The molecule has 6 heteroatoms. The molecule has 0 aliphatic carbocycles. The summed E-state index contributed by atoms with van der Waals surface area (Å²) in [7, 11) is 0. The molecule has 1 aromatic rings. The second-order valence-corrected chi connectivity index (χ2v) is 7.09. The first-order valence-electron chi connectivity index (χ1n) is 8.49. The average Bonchev–Trinajstić information content (AvgIpc) is 2.97. The van der Waals surface area contributed by atoms with Gasteiger partial charge < -0.3 is 4.90 Å². The van der Waals surface area contributed by atoms with Gasteiger partial charge in [-0.1, -0.05) is 6.07 Å². The molecule has 24 heavy (non-hydrogen) atoms. The second-order valence-electron chi connectivity index (χ2n) is 7.09. The van der Waals surface area contributed by atoms with E-state index < -0.39 is 11.7 Å². The number of halogens is 3. The van der Waals surface area contributed by atoms with E-state index in [1.807, 2.05) is 0 Å². The van der Waals surface area contributed by atoms with Crippen molar-refractivity contribution in [2.24, 2.45) is 5.92 Å². The zero-order valence-corrected chi connectivity index (χ0v) is 14.0. The van der Waals surface area contributed by atoms with Crippen LogP contribution in [0, 0.1) is 5.92 Å². The van der Waals surface area contributed by atoms with Crippen LogP contribution in [-0.2, 0) is 6.18 Å². The van der Waals surface area contributed by atoms with Gasteiger partial charge in [0.25, 0.3) is 5.91 Å². The molecule has 0 radical (unpaired) electrons. The van der Waals surface area contributed by atoms with Gasteiger partial charge in [0.15, 0.2) is 0 Å². The molecule has 0 bridgehead atoms. The first kappa shape index (κ1) is 17.3. The van der Waals surface area contributed by atoms with Gasteiger partial charge in [0.1, 0.15) is 0 Å². The summed E-state index contributed by atoms with van der Waals surface area (Å²) in [6, 6.07) is 5.49. The Balaban J connectivity index is 1.77. The lowest BCUT2D eigenvalue weighted by Gasteiger charge is -2.39. The highest BCUT2D eigenvalue weighted by molar-refractivity contribution is 5.94. The van der Waals surface area contributed by atoms with Crippen LogP contribution in [-0.4, -0.2) is 47.4 Å². The molecular formula is C18H23F3N2O. The Bertz CT molecular complexity index is 615.